The Kier molecular flexibility index (Phi) is 5.42. The highest BCUT2D eigenvalue weighted by Crippen LogP contribution is 2.30. The molecular formula is C17H20BrClN2O2. The van der Waals surface area contributed by atoms with Crippen molar-refractivity contribution in [2.45, 2.75) is 32.7 Å². The predicted molar refractivity (Wildman–Crippen MR) is 96.3 cm³/mol. The molecule has 0 aliphatic carbocycles. The Morgan fingerprint density at radius 2 is 2.13 bits per heavy atom. The Hall–Kier alpha value is -1.46. The van der Waals surface area contributed by atoms with E-state index in [-0.39, 0.29) is 23.6 Å². The highest BCUT2D eigenvalue weighted by Gasteiger charge is 2.19. The molecule has 4 nitrogen and oxygen atoms in total. The molecule has 23 heavy (non-hydrogen) atoms. The molecule has 1 amide bonds. The van der Waals surface area contributed by atoms with Gasteiger partial charge in [-0.1, -0.05) is 11.6 Å². The van der Waals surface area contributed by atoms with Crippen molar-refractivity contribution < 1.29 is 9.90 Å². The lowest BCUT2D eigenvalue weighted by Gasteiger charge is -2.35. The number of rotatable bonds is 3. The maximum absolute atomic E-state index is 12.1. The molecule has 0 unspecified atom stereocenters. The Labute approximate surface area is 149 Å². The molecule has 0 saturated carbocycles. The van der Waals surface area contributed by atoms with Gasteiger partial charge in [-0.25, -0.2) is 0 Å². The molecule has 0 bridgehead atoms. The molecule has 1 aromatic carbocycles. The molecule has 124 valence electrons. The van der Waals surface area contributed by atoms with E-state index >= 15 is 0 Å². The molecule has 0 saturated heterocycles. The summed E-state index contributed by atoms with van der Waals surface area (Å²) in [7, 11) is 0. The smallest absolute Gasteiger partial charge is 0.228 e. The van der Waals surface area contributed by atoms with Crippen LogP contribution in [0.15, 0.2) is 40.7 Å². The van der Waals surface area contributed by atoms with Crippen molar-refractivity contribution in [3.8, 4) is 5.75 Å². The second-order valence-electron chi connectivity index (χ2n) is 6.42. The average Bonchev–Trinajstić information content (AvgIpc) is 2.44. The van der Waals surface area contributed by atoms with Gasteiger partial charge in [0.15, 0.2) is 0 Å². The summed E-state index contributed by atoms with van der Waals surface area (Å²) in [4.78, 5) is 14.3. The first kappa shape index (κ1) is 17.9. The van der Waals surface area contributed by atoms with Gasteiger partial charge in [-0.05, 0) is 61.0 Å². The normalized spacial score (nSPS) is 14.7. The van der Waals surface area contributed by atoms with E-state index in [4.69, 9.17) is 11.6 Å². The third kappa shape index (κ3) is 4.75. The van der Waals surface area contributed by atoms with Gasteiger partial charge in [0.2, 0.25) is 5.91 Å². The first-order valence-electron chi connectivity index (χ1n) is 7.28. The first-order chi connectivity index (χ1) is 10.7. The number of nitrogens with one attached hydrogen (secondary N) is 1. The van der Waals surface area contributed by atoms with Crippen LogP contribution in [0.1, 0.15) is 26.3 Å². The molecule has 2 N–H and O–H groups in total. The number of amides is 1. The summed E-state index contributed by atoms with van der Waals surface area (Å²) in [6, 6.07) is 3.08. The van der Waals surface area contributed by atoms with Crippen LogP contribution in [0.25, 0.3) is 0 Å². The Morgan fingerprint density at radius 1 is 1.43 bits per heavy atom. The molecule has 1 aliphatic rings. The third-order valence-electron chi connectivity index (χ3n) is 3.56. The van der Waals surface area contributed by atoms with Crippen LogP contribution in [-0.2, 0) is 11.2 Å². The zero-order chi connectivity index (χ0) is 17.2. The fraction of sp³-hybridized carbons (Fsp3) is 0.353. The summed E-state index contributed by atoms with van der Waals surface area (Å²) in [5.74, 6) is -0.151. The van der Waals surface area contributed by atoms with Crippen molar-refractivity contribution in [1.82, 2.24) is 10.2 Å². The number of hydrogen-bond acceptors (Lipinski definition) is 3. The van der Waals surface area contributed by atoms with Crippen LogP contribution in [-0.4, -0.2) is 28.0 Å². The van der Waals surface area contributed by atoms with Crippen molar-refractivity contribution in [3.63, 3.8) is 0 Å². The second kappa shape index (κ2) is 6.97. The lowest BCUT2D eigenvalue weighted by molar-refractivity contribution is -0.119. The molecule has 0 atom stereocenters. The van der Waals surface area contributed by atoms with Gasteiger partial charge < -0.3 is 15.3 Å². The van der Waals surface area contributed by atoms with E-state index in [0.717, 1.165) is 12.2 Å². The molecular weight excluding hydrogens is 380 g/mol. The first-order valence-corrected chi connectivity index (χ1v) is 8.46. The minimum Gasteiger partial charge on any atom is -0.508 e. The summed E-state index contributed by atoms with van der Waals surface area (Å²) < 4.78 is 0.598. The van der Waals surface area contributed by atoms with Crippen LogP contribution in [0.3, 0.4) is 0 Å². The number of hydrogen-bond donors (Lipinski definition) is 2. The fourth-order valence-corrected chi connectivity index (χ4v) is 2.70. The minimum atomic E-state index is -0.196. The molecule has 0 fully saturated rings. The van der Waals surface area contributed by atoms with E-state index in [1.165, 1.54) is 6.07 Å². The van der Waals surface area contributed by atoms with Crippen molar-refractivity contribution in [2.75, 3.05) is 6.54 Å². The van der Waals surface area contributed by atoms with Gasteiger partial charge >= 0.3 is 0 Å². The lowest BCUT2D eigenvalue weighted by atomic mass is 10.1. The summed E-state index contributed by atoms with van der Waals surface area (Å²) >= 11 is 9.23. The topological polar surface area (TPSA) is 52.6 Å². The average molecular weight is 400 g/mol. The monoisotopic (exact) mass is 398 g/mol. The van der Waals surface area contributed by atoms with Crippen LogP contribution >= 0.6 is 27.5 Å². The van der Waals surface area contributed by atoms with E-state index in [2.05, 4.69) is 46.9 Å². The zero-order valence-corrected chi connectivity index (χ0v) is 15.7. The number of phenols is 1. The van der Waals surface area contributed by atoms with E-state index in [0.29, 0.717) is 15.1 Å². The van der Waals surface area contributed by atoms with Crippen LogP contribution < -0.4 is 5.32 Å². The SMILES string of the molecule is CC(C)(C)N1C=CC(NC(=O)Cc2cc(Cl)c(Br)cc2O)=CC1. The second-order valence-corrected chi connectivity index (χ2v) is 7.68. The predicted octanol–water partition coefficient (Wildman–Crippen LogP) is 3.98. The van der Waals surface area contributed by atoms with Crippen LogP contribution in [0.5, 0.6) is 5.75 Å². The minimum absolute atomic E-state index is 0.0441. The standard InChI is InChI=1S/C17H20BrClN2O2/c1-17(2,3)21-6-4-12(5-7-21)20-16(23)9-11-8-14(19)13(18)10-15(11)22/h4-6,8,10,22H,7,9H2,1-3H3,(H,20,23). The van der Waals surface area contributed by atoms with Gasteiger partial charge in [0, 0.05) is 34.0 Å². The number of carbonyl (C=O) groups excluding carboxylic acids is 1. The van der Waals surface area contributed by atoms with Gasteiger partial charge in [0.1, 0.15) is 5.75 Å². The van der Waals surface area contributed by atoms with Crippen molar-refractivity contribution in [3.05, 3.63) is 51.2 Å². The largest absolute Gasteiger partial charge is 0.508 e. The number of aromatic hydroxyl groups is 1. The molecule has 6 heteroatoms. The molecule has 1 aromatic rings. The van der Waals surface area contributed by atoms with E-state index < -0.39 is 0 Å². The Balaban J connectivity index is 1.98. The van der Waals surface area contributed by atoms with Crippen molar-refractivity contribution >= 4 is 33.4 Å². The van der Waals surface area contributed by atoms with E-state index in [1.54, 1.807) is 6.07 Å². The fourth-order valence-electron chi connectivity index (χ4n) is 2.18. The van der Waals surface area contributed by atoms with Crippen molar-refractivity contribution in [2.24, 2.45) is 0 Å². The number of halogens is 2. The van der Waals surface area contributed by atoms with E-state index in [9.17, 15) is 9.90 Å². The van der Waals surface area contributed by atoms with Gasteiger partial charge in [0.05, 0.1) is 11.4 Å². The Morgan fingerprint density at radius 3 is 2.70 bits per heavy atom. The summed E-state index contributed by atoms with van der Waals surface area (Å²) in [5.41, 5.74) is 1.30. The van der Waals surface area contributed by atoms with Crippen molar-refractivity contribution in [1.29, 1.82) is 0 Å². The van der Waals surface area contributed by atoms with Crippen LogP contribution in [0.4, 0.5) is 0 Å². The zero-order valence-electron chi connectivity index (χ0n) is 13.4. The molecule has 0 radical (unpaired) electrons. The maximum Gasteiger partial charge on any atom is 0.228 e. The Bertz CT molecular complexity index is 678. The van der Waals surface area contributed by atoms with Gasteiger partial charge in [-0.2, -0.15) is 0 Å². The van der Waals surface area contributed by atoms with E-state index in [1.807, 2.05) is 18.4 Å². The van der Waals surface area contributed by atoms with Gasteiger partial charge in [-0.3, -0.25) is 4.79 Å². The number of allylic oxidation sites excluding steroid dienone is 1. The summed E-state index contributed by atoms with van der Waals surface area (Å²) in [6.07, 6.45) is 5.88. The maximum atomic E-state index is 12.1. The van der Waals surface area contributed by atoms with Gasteiger partial charge in [0.25, 0.3) is 0 Å². The molecule has 0 aromatic heterocycles. The van der Waals surface area contributed by atoms with Crippen LogP contribution in [0.2, 0.25) is 5.02 Å². The molecule has 0 spiro atoms. The molecule has 1 aliphatic heterocycles. The highest BCUT2D eigenvalue weighted by atomic mass is 79.9. The summed E-state index contributed by atoms with van der Waals surface area (Å²) in [5, 5.41) is 13.2. The lowest BCUT2D eigenvalue weighted by Crippen LogP contribution is -2.39. The van der Waals surface area contributed by atoms with Crippen LogP contribution in [0, 0.1) is 0 Å². The van der Waals surface area contributed by atoms with Gasteiger partial charge in [-0.15, -0.1) is 0 Å². The number of nitrogens with zero attached hydrogens (tertiary/aromatic N) is 1. The number of benzene rings is 1. The molecule has 1 heterocycles. The summed E-state index contributed by atoms with van der Waals surface area (Å²) in [6.45, 7) is 7.14. The third-order valence-corrected chi connectivity index (χ3v) is 4.76. The highest BCUT2D eigenvalue weighted by molar-refractivity contribution is 9.10. The molecule has 2 rings (SSSR count). The number of carbonyl (C=O) groups is 1. The quantitative estimate of drug-likeness (QED) is 0.808. The number of phenolic OH excluding ortho intramolecular Hbond substituents is 1.